The maximum Gasteiger partial charge on any atom is 0.323 e. The Morgan fingerprint density at radius 3 is 2.48 bits per heavy atom. The summed E-state index contributed by atoms with van der Waals surface area (Å²) in [4.78, 5) is 24.2. The molecule has 0 aliphatic heterocycles. The molecule has 2 N–H and O–H groups in total. The Morgan fingerprint density at radius 1 is 1.17 bits per heavy atom. The van der Waals surface area contributed by atoms with E-state index >= 15 is 0 Å². The quantitative estimate of drug-likeness (QED) is 0.850. The van der Waals surface area contributed by atoms with Gasteiger partial charge in [-0.2, -0.15) is 0 Å². The summed E-state index contributed by atoms with van der Waals surface area (Å²) in [6.07, 6.45) is 0. The van der Waals surface area contributed by atoms with Gasteiger partial charge in [0.1, 0.15) is 6.54 Å². The zero-order valence-electron chi connectivity index (χ0n) is 12.6. The molecule has 2 rings (SSSR count). The lowest BCUT2D eigenvalue weighted by Gasteiger charge is -2.24. The number of amides is 1. The van der Waals surface area contributed by atoms with Crippen molar-refractivity contribution in [2.45, 2.75) is 13.5 Å². The van der Waals surface area contributed by atoms with Gasteiger partial charge in [-0.15, -0.1) is 0 Å². The van der Waals surface area contributed by atoms with E-state index in [9.17, 15) is 9.59 Å². The van der Waals surface area contributed by atoms with Crippen molar-refractivity contribution in [3.63, 3.8) is 0 Å². The monoisotopic (exact) mass is 332 g/mol. The van der Waals surface area contributed by atoms with Crippen molar-refractivity contribution in [3.8, 4) is 0 Å². The number of carbonyl (C=O) groups excluding carboxylic acids is 1. The van der Waals surface area contributed by atoms with Gasteiger partial charge in [0.15, 0.2) is 0 Å². The van der Waals surface area contributed by atoms with Crippen LogP contribution >= 0.6 is 11.6 Å². The standard InChI is InChI=1S/C17H17ClN2O3/c1-12(21)19-16-8-7-14(18)9-13(16)10-20(11-17(22)23)15-5-3-2-4-6-15/h2-9H,10-11H2,1H3,(H,19,21)(H,22,23). The number of halogens is 1. The molecule has 0 radical (unpaired) electrons. The molecule has 5 nitrogen and oxygen atoms in total. The largest absolute Gasteiger partial charge is 0.480 e. The number of carbonyl (C=O) groups is 2. The minimum Gasteiger partial charge on any atom is -0.480 e. The number of nitrogens with zero attached hydrogens (tertiary/aromatic N) is 1. The Labute approximate surface area is 139 Å². The molecule has 0 bridgehead atoms. The zero-order chi connectivity index (χ0) is 16.8. The summed E-state index contributed by atoms with van der Waals surface area (Å²) < 4.78 is 0. The van der Waals surface area contributed by atoms with Gasteiger partial charge in [-0.05, 0) is 35.9 Å². The highest BCUT2D eigenvalue weighted by Gasteiger charge is 2.14. The first-order chi connectivity index (χ1) is 11.0. The van der Waals surface area contributed by atoms with Crippen molar-refractivity contribution in [2.24, 2.45) is 0 Å². The van der Waals surface area contributed by atoms with Crippen LogP contribution in [0.25, 0.3) is 0 Å². The van der Waals surface area contributed by atoms with Gasteiger partial charge in [-0.1, -0.05) is 29.8 Å². The van der Waals surface area contributed by atoms with Gasteiger partial charge in [0.2, 0.25) is 5.91 Å². The van der Waals surface area contributed by atoms with Crippen molar-refractivity contribution in [1.82, 2.24) is 0 Å². The predicted molar refractivity (Wildman–Crippen MR) is 90.9 cm³/mol. The van der Waals surface area contributed by atoms with E-state index in [-0.39, 0.29) is 12.5 Å². The van der Waals surface area contributed by atoms with Crippen LogP contribution in [0, 0.1) is 0 Å². The number of aliphatic carboxylic acids is 1. The van der Waals surface area contributed by atoms with Gasteiger partial charge < -0.3 is 15.3 Å². The fourth-order valence-corrected chi connectivity index (χ4v) is 2.45. The molecular weight excluding hydrogens is 316 g/mol. The first-order valence-corrected chi connectivity index (χ1v) is 7.41. The van der Waals surface area contributed by atoms with E-state index in [2.05, 4.69) is 5.32 Å². The smallest absolute Gasteiger partial charge is 0.323 e. The molecular formula is C17H17ClN2O3. The summed E-state index contributed by atoms with van der Waals surface area (Å²) in [5.74, 6) is -1.13. The first-order valence-electron chi connectivity index (χ1n) is 7.03. The summed E-state index contributed by atoms with van der Waals surface area (Å²) >= 11 is 6.04. The average molecular weight is 333 g/mol. The van der Waals surface area contributed by atoms with Crippen molar-refractivity contribution in [1.29, 1.82) is 0 Å². The van der Waals surface area contributed by atoms with Crippen LogP contribution in [0.15, 0.2) is 48.5 Å². The minimum absolute atomic E-state index is 0.157. The molecule has 6 heteroatoms. The second kappa shape index (κ2) is 7.65. The van der Waals surface area contributed by atoms with Crippen LogP contribution in [0.1, 0.15) is 12.5 Å². The number of hydrogen-bond acceptors (Lipinski definition) is 3. The Bertz CT molecular complexity index is 704. The van der Waals surface area contributed by atoms with Crippen LogP contribution in [0.5, 0.6) is 0 Å². The fourth-order valence-electron chi connectivity index (χ4n) is 2.25. The van der Waals surface area contributed by atoms with Crippen LogP contribution in [0.3, 0.4) is 0 Å². The number of nitrogens with one attached hydrogen (secondary N) is 1. The Hall–Kier alpha value is -2.53. The number of para-hydroxylation sites is 1. The zero-order valence-corrected chi connectivity index (χ0v) is 13.4. The number of carboxylic acids is 1. The number of carboxylic acid groups (broad SMARTS) is 1. The Kier molecular flexibility index (Phi) is 5.60. The molecule has 0 heterocycles. The molecule has 0 spiro atoms. The fraction of sp³-hybridized carbons (Fsp3) is 0.176. The summed E-state index contributed by atoms with van der Waals surface area (Å²) in [5, 5.41) is 12.4. The maximum absolute atomic E-state index is 11.3. The van der Waals surface area contributed by atoms with E-state index in [0.29, 0.717) is 17.3 Å². The van der Waals surface area contributed by atoms with Gasteiger partial charge in [-0.25, -0.2) is 0 Å². The van der Waals surface area contributed by atoms with Gasteiger partial charge in [0.25, 0.3) is 0 Å². The molecule has 0 saturated heterocycles. The van der Waals surface area contributed by atoms with Crippen LogP contribution in [-0.4, -0.2) is 23.5 Å². The third-order valence-corrected chi connectivity index (χ3v) is 3.42. The van der Waals surface area contributed by atoms with Gasteiger partial charge >= 0.3 is 5.97 Å². The molecule has 0 aliphatic rings. The van der Waals surface area contributed by atoms with Gasteiger partial charge in [-0.3, -0.25) is 9.59 Å². The highest BCUT2D eigenvalue weighted by atomic mass is 35.5. The summed E-state index contributed by atoms with van der Waals surface area (Å²) in [7, 11) is 0. The van der Waals surface area contributed by atoms with Crippen molar-refractivity contribution < 1.29 is 14.7 Å². The van der Waals surface area contributed by atoms with E-state index in [1.54, 1.807) is 23.1 Å². The van der Waals surface area contributed by atoms with Crippen molar-refractivity contribution >= 4 is 34.9 Å². The summed E-state index contributed by atoms with van der Waals surface area (Å²) in [5.41, 5.74) is 2.15. The molecule has 0 unspecified atom stereocenters. The average Bonchev–Trinajstić information content (AvgIpc) is 2.49. The number of rotatable bonds is 6. The van der Waals surface area contributed by atoms with Gasteiger partial charge in [0, 0.05) is 29.9 Å². The van der Waals surface area contributed by atoms with Crippen LogP contribution < -0.4 is 10.2 Å². The third kappa shape index (κ3) is 5.00. The number of hydrogen-bond donors (Lipinski definition) is 2. The lowest BCUT2D eigenvalue weighted by molar-refractivity contribution is -0.135. The molecule has 0 fully saturated rings. The lowest BCUT2D eigenvalue weighted by atomic mass is 10.1. The Morgan fingerprint density at radius 2 is 1.87 bits per heavy atom. The normalized spacial score (nSPS) is 10.2. The molecule has 23 heavy (non-hydrogen) atoms. The molecule has 2 aromatic carbocycles. The molecule has 0 saturated carbocycles. The molecule has 0 aromatic heterocycles. The first kappa shape index (κ1) is 16.8. The molecule has 0 aliphatic carbocycles. The van der Waals surface area contributed by atoms with Crippen molar-refractivity contribution in [2.75, 3.05) is 16.8 Å². The number of anilines is 2. The summed E-state index contributed by atoms with van der Waals surface area (Å²) in [6, 6.07) is 14.4. The van der Waals surface area contributed by atoms with E-state index in [1.165, 1.54) is 6.92 Å². The van der Waals surface area contributed by atoms with E-state index < -0.39 is 5.97 Å². The van der Waals surface area contributed by atoms with Gasteiger partial charge in [0.05, 0.1) is 0 Å². The second-order valence-corrected chi connectivity index (χ2v) is 5.50. The molecule has 0 atom stereocenters. The minimum atomic E-state index is -0.933. The second-order valence-electron chi connectivity index (χ2n) is 5.07. The SMILES string of the molecule is CC(=O)Nc1ccc(Cl)cc1CN(CC(=O)O)c1ccccc1. The third-order valence-electron chi connectivity index (χ3n) is 3.19. The van der Waals surface area contributed by atoms with Crippen LogP contribution in [0.2, 0.25) is 5.02 Å². The lowest BCUT2D eigenvalue weighted by Crippen LogP contribution is -2.29. The number of benzene rings is 2. The van der Waals surface area contributed by atoms with Crippen LogP contribution in [-0.2, 0) is 16.1 Å². The molecule has 2 aromatic rings. The van der Waals surface area contributed by atoms with E-state index in [0.717, 1.165) is 11.3 Å². The van der Waals surface area contributed by atoms with Crippen molar-refractivity contribution in [3.05, 3.63) is 59.1 Å². The molecule has 120 valence electrons. The highest BCUT2D eigenvalue weighted by Crippen LogP contribution is 2.25. The van der Waals surface area contributed by atoms with E-state index in [1.807, 2.05) is 30.3 Å². The topological polar surface area (TPSA) is 69.6 Å². The Balaban J connectivity index is 2.33. The summed E-state index contributed by atoms with van der Waals surface area (Å²) in [6.45, 7) is 1.58. The van der Waals surface area contributed by atoms with Crippen LogP contribution in [0.4, 0.5) is 11.4 Å². The predicted octanol–water partition coefficient (Wildman–Crippen LogP) is 3.39. The van der Waals surface area contributed by atoms with E-state index in [4.69, 9.17) is 16.7 Å². The maximum atomic E-state index is 11.3. The molecule has 1 amide bonds. The highest BCUT2D eigenvalue weighted by molar-refractivity contribution is 6.30.